The zero-order chi connectivity index (χ0) is 9.26. The predicted octanol–water partition coefficient (Wildman–Crippen LogP) is 3.65. The molecule has 1 aromatic carbocycles. The van der Waals surface area contributed by atoms with Crippen molar-refractivity contribution in [2.45, 2.75) is 25.7 Å². The molecular weight excluding hydrogens is 182 g/mol. The lowest BCUT2D eigenvalue weighted by Crippen LogP contribution is -2.00. The number of para-hydroxylation sites is 1. The highest BCUT2D eigenvalue weighted by molar-refractivity contribution is 6.33. The summed E-state index contributed by atoms with van der Waals surface area (Å²) < 4.78 is 0. The molecule has 13 heavy (non-hydrogen) atoms. The monoisotopic (exact) mass is 195 g/mol. The Balaban J connectivity index is 2.32. The van der Waals surface area contributed by atoms with Crippen LogP contribution in [0.3, 0.4) is 0 Å². The molecule has 70 valence electrons. The van der Waals surface area contributed by atoms with E-state index in [1.807, 2.05) is 12.1 Å². The van der Waals surface area contributed by atoms with Crippen LogP contribution in [-0.4, -0.2) is 6.54 Å². The Morgan fingerprint density at radius 3 is 3.15 bits per heavy atom. The van der Waals surface area contributed by atoms with E-state index in [0.717, 1.165) is 17.3 Å². The fourth-order valence-electron chi connectivity index (χ4n) is 2.01. The van der Waals surface area contributed by atoms with Crippen molar-refractivity contribution >= 4 is 17.3 Å². The third kappa shape index (κ3) is 1.53. The molecule has 1 heterocycles. The number of anilines is 1. The van der Waals surface area contributed by atoms with Crippen LogP contribution in [0.5, 0.6) is 0 Å². The lowest BCUT2D eigenvalue weighted by atomic mass is 9.97. The van der Waals surface area contributed by atoms with E-state index < -0.39 is 0 Å². The molecule has 0 saturated carbocycles. The molecule has 0 fully saturated rings. The first-order chi connectivity index (χ1) is 6.33. The normalized spacial score (nSPS) is 19.7. The lowest BCUT2D eigenvalue weighted by Gasteiger charge is -2.07. The Morgan fingerprint density at radius 1 is 1.54 bits per heavy atom. The van der Waals surface area contributed by atoms with Gasteiger partial charge in [-0.1, -0.05) is 37.1 Å². The molecule has 1 atom stereocenters. The first kappa shape index (κ1) is 8.89. The Kier molecular flexibility index (Phi) is 2.45. The summed E-state index contributed by atoms with van der Waals surface area (Å²) in [5.74, 6) is 0.665. The second-order valence-corrected chi connectivity index (χ2v) is 3.98. The van der Waals surface area contributed by atoms with Gasteiger partial charge in [0.1, 0.15) is 0 Å². The molecule has 0 bridgehead atoms. The van der Waals surface area contributed by atoms with Gasteiger partial charge in [-0.05, 0) is 18.1 Å². The van der Waals surface area contributed by atoms with Crippen LogP contribution in [0.25, 0.3) is 0 Å². The highest BCUT2D eigenvalue weighted by Crippen LogP contribution is 2.38. The van der Waals surface area contributed by atoms with Gasteiger partial charge in [-0.15, -0.1) is 0 Å². The maximum Gasteiger partial charge on any atom is 0.0640 e. The number of hydrogen-bond acceptors (Lipinski definition) is 1. The van der Waals surface area contributed by atoms with Gasteiger partial charge < -0.3 is 5.32 Å². The third-order valence-electron chi connectivity index (χ3n) is 2.65. The Labute approximate surface area is 84.1 Å². The van der Waals surface area contributed by atoms with Gasteiger partial charge in [0.2, 0.25) is 0 Å². The molecule has 0 amide bonds. The van der Waals surface area contributed by atoms with Crippen molar-refractivity contribution in [3.63, 3.8) is 0 Å². The maximum atomic E-state index is 6.07. The number of benzene rings is 1. The SMILES string of the molecule is CCCC1CNc2c(Cl)cccc21. The van der Waals surface area contributed by atoms with E-state index in [0.29, 0.717) is 5.92 Å². The van der Waals surface area contributed by atoms with E-state index in [1.54, 1.807) is 0 Å². The van der Waals surface area contributed by atoms with Gasteiger partial charge in [0.15, 0.2) is 0 Å². The maximum absolute atomic E-state index is 6.07. The van der Waals surface area contributed by atoms with E-state index in [4.69, 9.17) is 11.6 Å². The molecule has 0 aliphatic carbocycles. The Bertz CT molecular complexity index is 309. The molecule has 0 radical (unpaired) electrons. The van der Waals surface area contributed by atoms with Crippen molar-refractivity contribution in [2.75, 3.05) is 11.9 Å². The van der Waals surface area contributed by atoms with Gasteiger partial charge in [0, 0.05) is 12.5 Å². The van der Waals surface area contributed by atoms with Crippen LogP contribution in [0, 0.1) is 0 Å². The van der Waals surface area contributed by atoms with Gasteiger partial charge >= 0.3 is 0 Å². The van der Waals surface area contributed by atoms with Crippen LogP contribution in [0.1, 0.15) is 31.2 Å². The fraction of sp³-hybridized carbons (Fsp3) is 0.455. The Hall–Kier alpha value is -0.690. The summed E-state index contributed by atoms with van der Waals surface area (Å²) in [6.07, 6.45) is 2.48. The molecule has 1 aromatic rings. The molecule has 1 aliphatic heterocycles. The van der Waals surface area contributed by atoms with Gasteiger partial charge in [0.25, 0.3) is 0 Å². The van der Waals surface area contributed by atoms with Crippen molar-refractivity contribution in [3.8, 4) is 0 Å². The molecule has 1 unspecified atom stereocenters. The summed E-state index contributed by atoms with van der Waals surface area (Å²) in [4.78, 5) is 0. The summed E-state index contributed by atoms with van der Waals surface area (Å²) in [6, 6.07) is 6.17. The summed E-state index contributed by atoms with van der Waals surface area (Å²) >= 11 is 6.07. The minimum absolute atomic E-state index is 0.665. The molecule has 0 spiro atoms. The number of hydrogen-bond donors (Lipinski definition) is 1. The average Bonchev–Trinajstić information content (AvgIpc) is 2.51. The second kappa shape index (κ2) is 3.59. The van der Waals surface area contributed by atoms with E-state index in [2.05, 4.69) is 18.3 Å². The van der Waals surface area contributed by atoms with Gasteiger partial charge in [0.05, 0.1) is 10.7 Å². The number of nitrogens with one attached hydrogen (secondary N) is 1. The van der Waals surface area contributed by atoms with Crippen molar-refractivity contribution in [1.29, 1.82) is 0 Å². The first-order valence-electron chi connectivity index (χ1n) is 4.85. The summed E-state index contributed by atoms with van der Waals surface area (Å²) in [6.45, 7) is 3.27. The van der Waals surface area contributed by atoms with Crippen LogP contribution in [0.15, 0.2) is 18.2 Å². The van der Waals surface area contributed by atoms with Crippen molar-refractivity contribution in [1.82, 2.24) is 0 Å². The van der Waals surface area contributed by atoms with Crippen LogP contribution in [-0.2, 0) is 0 Å². The molecule has 1 aliphatic rings. The molecule has 0 saturated heterocycles. The van der Waals surface area contributed by atoms with Crippen molar-refractivity contribution < 1.29 is 0 Å². The molecule has 2 rings (SSSR count). The number of rotatable bonds is 2. The van der Waals surface area contributed by atoms with Crippen LogP contribution in [0.2, 0.25) is 5.02 Å². The Morgan fingerprint density at radius 2 is 2.38 bits per heavy atom. The van der Waals surface area contributed by atoms with Crippen LogP contribution < -0.4 is 5.32 Å². The molecule has 2 heteroatoms. The van der Waals surface area contributed by atoms with Gasteiger partial charge in [-0.25, -0.2) is 0 Å². The second-order valence-electron chi connectivity index (χ2n) is 3.57. The largest absolute Gasteiger partial charge is 0.383 e. The van der Waals surface area contributed by atoms with Gasteiger partial charge in [-0.2, -0.15) is 0 Å². The van der Waals surface area contributed by atoms with Crippen molar-refractivity contribution in [3.05, 3.63) is 28.8 Å². The first-order valence-corrected chi connectivity index (χ1v) is 5.23. The van der Waals surface area contributed by atoms with Gasteiger partial charge in [-0.3, -0.25) is 0 Å². The molecular formula is C11H14ClN. The van der Waals surface area contributed by atoms with Crippen molar-refractivity contribution in [2.24, 2.45) is 0 Å². The molecule has 1 N–H and O–H groups in total. The van der Waals surface area contributed by atoms with E-state index in [-0.39, 0.29) is 0 Å². The summed E-state index contributed by atoms with van der Waals surface area (Å²) in [7, 11) is 0. The van der Waals surface area contributed by atoms with E-state index >= 15 is 0 Å². The standard InChI is InChI=1S/C11H14ClN/c1-2-4-8-7-13-11-9(8)5-3-6-10(11)12/h3,5-6,8,13H,2,4,7H2,1H3. The van der Waals surface area contributed by atoms with E-state index in [9.17, 15) is 0 Å². The molecule has 1 nitrogen and oxygen atoms in total. The topological polar surface area (TPSA) is 12.0 Å². The third-order valence-corrected chi connectivity index (χ3v) is 2.96. The minimum Gasteiger partial charge on any atom is -0.383 e. The zero-order valence-electron chi connectivity index (χ0n) is 7.81. The average molecular weight is 196 g/mol. The van der Waals surface area contributed by atoms with Crippen LogP contribution in [0.4, 0.5) is 5.69 Å². The van der Waals surface area contributed by atoms with E-state index in [1.165, 1.54) is 18.4 Å². The summed E-state index contributed by atoms with van der Waals surface area (Å²) in [5, 5.41) is 4.23. The fourth-order valence-corrected chi connectivity index (χ4v) is 2.26. The summed E-state index contributed by atoms with van der Waals surface area (Å²) in [5.41, 5.74) is 2.55. The highest BCUT2D eigenvalue weighted by Gasteiger charge is 2.22. The smallest absolute Gasteiger partial charge is 0.0640 e. The quantitative estimate of drug-likeness (QED) is 0.760. The highest BCUT2D eigenvalue weighted by atomic mass is 35.5. The number of halogens is 1. The molecule has 0 aromatic heterocycles. The van der Waals surface area contributed by atoms with Crippen LogP contribution >= 0.6 is 11.6 Å². The minimum atomic E-state index is 0.665. The lowest BCUT2D eigenvalue weighted by molar-refractivity contribution is 0.661. The number of fused-ring (bicyclic) bond motifs is 1. The predicted molar refractivity (Wildman–Crippen MR) is 57.6 cm³/mol. The zero-order valence-corrected chi connectivity index (χ0v) is 8.56.